The summed E-state index contributed by atoms with van der Waals surface area (Å²) in [6.45, 7) is 1.21. The van der Waals surface area contributed by atoms with Crippen LogP contribution in [-0.4, -0.2) is 24.2 Å². The van der Waals surface area contributed by atoms with Crippen LogP contribution < -0.4 is 11.1 Å². The highest BCUT2D eigenvalue weighted by molar-refractivity contribution is 7.80. The van der Waals surface area contributed by atoms with Crippen LogP contribution >= 0.6 is 12.2 Å². The first-order valence-electron chi connectivity index (χ1n) is 5.71. The second-order valence-electron chi connectivity index (χ2n) is 4.21. The van der Waals surface area contributed by atoms with Crippen molar-refractivity contribution in [3.63, 3.8) is 0 Å². The van der Waals surface area contributed by atoms with Crippen LogP contribution in [0.4, 0.5) is 14.5 Å². The molecule has 1 heterocycles. The molecule has 0 saturated carbocycles. The summed E-state index contributed by atoms with van der Waals surface area (Å²) in [5, 5.41) is 2.87. The van der Waals surface area contributed by atoms with Crippen molar-refractivity contribution in [2.45, 2.75) is 18.9 Å². The number of ether oxygens (including phenoxy) is 1. The van der Waals surface area contributed by atoms with Crippen LogP contribution in [0.25, 0.3) is 0 Å². The van der Waals surface area contributed by atoms with E-state index < -0.39 is 11.6 Å². The lowest BCUT2D eigenvalue weighted by Gasteiger charge is -2.24. The highest BCUT2D eigenvalue weighted by Crippen LogP contribution is 2.23. The van der Waals surface area contributed by atoms with Gasteiger partial charge < -0.3 is 15.8 Å². The Kier molecular flexibility index (Phi) is 4.08. The maximum absolute atomic E-state index is 13.8. The molecule has 1 saturated heterocycles. The molecular formula is C12H14F2N2OS. The minimum Gasteiger partial charge on any atom is -0.389 e. The number of hydrogen-bond acceptors (Lipinski definition) is 3. The summed E-state index contributed by atoms with van der Waals surface area (Å²) in [7, 11) is 0. The van der Waals surface area contributed by atoms with E-state index in [-0.39, 0.29) is 22.3 Å². The summed E-state index contributed by atoms with van der Waals surface area (Å²) in [5.74, 6) is -1.35. The van der Waals surface area contributed by atoms with Gasteiger partial charge in [0.05, 0.1) is 0 Å². The minimum absolute atomic E-state index is 0.0228. The zero-order valence-electron chi connectivity index (χ0n) is 9.71. The summed E-state index contributed by atoms with van der Waals surface area (Å²) in [6, 6.07) is 2.32. The smallest absolute Gasteiger partial charge is 0.150 e. The molecule has 1 aliphatic heterocycles. The average molecular weight is 272 g/mol. The third-order valence-corrected chi connectivity index (χ3v) is 3.13. The van der Waals surface area contributed by atoms with Crippen molar-refractivity contribution in [2.75, 3.05) is 18.5 Å². The van der Waals surface area contributed by atoms with E-state index in [0.717, 1.165) is 25.0 Å². The van der Waals surface area contributed by atoms with Gasteiger partial charge in [0, 0.05) is 24.8 Å². The summed E-state index contributed by atoms with van der Waals surface area (Å²) < 4.78 is 32.7. The van der Waals surface area contributed by atoms with Crippen molar-refractivity contribution in [3.05, 3.63) is 29.3 Å². The Morgan fingerprint density at radius 2 is 1.83 bits per heavy atom. The zero-order chi connectivity index (χ0) is 13.1. The fourth-order valence-corrected chi connectivity index (χ4v) is 2.02. The van der Waals surface area contributed by atoms with E-state index in [0.29, 0.717) is 13.2 Å². The second kappa shape index (κ2) is 5.58. The summed E-state index contributed by atoms with van der Waals surface area (Å²) >= 11 is 4.69. The van der Waals surface area contributed by atoms with Gasteiger partial charge in [0.25, 0.3) is 0 Å². The number of hydrogen-bond donors (Lipinski definition) is 2. The molecule has 1 fully saturated rings. The van der Waals surface area contributed by atoms with Gasteiger partial charge in [0.1, 0.15) is 22.3 Å². The molecule has 0 spiro atoms. The molecule has 3 N–H and O–H groups in total. The van der Waals surface area contributed by atoms with Crippen molar-refractivity contribution in [2.24, 2.45) is 5.73 Å². The Hall–Kier alpha value is -1.27. The van der Waals surface area contributed by atoms with Gasteiger partial charge in [0.2, 0.25) is 0 Å². The first-order valence-corrected chi connectivity index (χ1v) is 6.12. The number of thiocarbonyl (C=S) groups is 1. The first-order chi connectivity index (χ1) is 8.58. The summed E-state index contributed by atoms with van der Waals surface area (Å²) in [6.07, 6.45) is 1.46. The Morgan fingerprint density at radius 3 is 2.33 bits per heavy atom. The van der Waals surface area contributed by atoms with E-state index in [1.165, 1.54) is 0 Å². The predicted molar refractivity (Wildman–Crippen MR) is 69.7 cm³/mol. The highest BCUT2D eigenvalue weighted by Gasteiger charge is 2.18. The molecule has 98 valence electrons. The normalized spacial score (nSPS) is 16.6. The lowest BCUT2D eigenvalue weighted by molar-refractivity contribution is 0.0903. The Labute approximate surface area is 109 Å². The molecule has 0 bridgehead atoms. The maximum Gasteiger partial charge on any atom is 0.150 e. The molecule has 0 radical (unpaired) electrons. The number of benzene rings is 1. The lowest BCUT2D eigenvalue weighted by Crippen LogP contribution is -2.28. The van der Waals surface area contributed by atoms with Crippen molar-refractivity contribution in [1.29, 1.82) is 0 Å². The van der Waals surface area contributed by atoms with Crippen LogP contribution in [0.5, 0.6) is 0 Å². The maximum atomic E-state index is 13.8. The van der Waals surface area contributed by atoms with Crippen molar-refractivity contribution in [1.82, 2.24) is 0 Å². The second-order valence-corrected chi connectivity index (χ2v) is 4.65. The Balaban J connectivity index is 2.19. The Bertz CT molecular complexity index is 438. The molecule has 0 unspecified atom stereocenters. The lowest BCUT2D eigenvalue weighted by atomic mass is 10.1. The van der Waals surface area contributed by atoms with Gasteiger partial charge in [0.15, 0.2) is 0 Å². The molecule has 3 nitrogen and oxygen atoms in total. The van der Waals surface area contributed by atoms with Crippen LogP contribution in [0.15, 0.2) is 12.1 Å². The van der Waals surface area contributed by atoms with Gasteiger partial charge in [-0.3, -0.25) is 0 Å². The summed E-state index contributed by atoms with van der Waals surface area (Å²) in [5.41, 5.74) is 5.42. The van der Waals surface area contributed by atoms with Crippen LogP contribution in [-0.2, 0) is 4.74 Å². The van der Waals surface area contributed by atoms with Gasteiger partial charge >= 0.3 is 0 Å². The molecule has 1 aromatic rings. The molecule has 1 aromatic carbocycles. The van der Waals surface area contributed by atoms with E-state index >= 15 is 0 Å². The monoisotopic (exact) mass is 272 g/mol. The van der Waals surface area contributed by atoms with Gasteiger partial charge in [-0.1, -0.05) is 12.2 Å². The van der Waals surface area contributed by atoms with E-state index in [9.17, 15) is 8.78 Å². The Morgan fingerprint density at radius 1 is 1.28 bits per heavy atom. The van der Waals surface area contributed by atoms with Crippen LogP contribution in [0, 0.1) is 11.6 Å². The van der Waals surface area contributed by atoms with Gasteiger partial charge in [-0.05, 0) is 25.0 Å². The first kappa shape index (κ1) is 13.2. The molecule has 0 aliphatic carbocycles. The van der Waals surface area contributed by atoms with E-state index in [2.05, 4.69) is 5.32 Å². The molecular weight excluding hydrogens is 258 g/mol. The fourth-order valence-electron chi connectivity index (χ4n) is 1.90. The molecule has 0 amide bonds. The van der Waals surface area contributed by atoms with Crippen molar-refractivity contribution < 1.29 is 13.5 Å². The van der Waals surface area contributed by atoms with E-state index in [4.69, 9.17) is 22.7 Å². The third-order valence-electron chi connectivity index (χ3n) is 2.90. The quantitative estimate of drug-likeness (QED) is 0.828. The number of nitrogens with two attached hydrogens (primary N) is 1. The number of anilines is 1. The largest absolute Gasteiger partial charge is 0.389 e. The van der Waals surface area contributed by atoms with Gasteiger partial charge in [-0.2, -0.15) is 0 Å². The van der Waals surface area contributed by atoms with Gasteiger partial charge in [-0.15, -0.1) is 0 Å². The van der Waals surface area contributed by atoms with Crippen molar-refractivity contribution >= 4 is 22.9 Å². The van der Waals surface area contributed by atoms with Crippen LogP contribution in [0.3, 0.4) is 0 Å². The predicted octanol–water partition coefficient (Wildman–Crippen LogP) is 2.19. The number of halogens is 2. The zero-order valence-corrected chi connectivity index (χ0v) is 10.5. The molecule has 0 atom stereocenters. The number of rotatable bonds is 3. The SMILES string of the molecule is NC(=S)c1cc(F)c(NC2CCOCC2)c(F)c1. The standard InChI is InChI=1S/C12H14F2N2OS/c13-9-5-7(12(15)18)6-10(14)11(9)16-8-1-3-17-4-2-8/h5-6,8,16H,1-4H2,(H2,15,18). The van der Waals surface area contributed by atoms with Gasteiger partial charge in [-0.25, -0.2) is 8.78 Å². The van der Waals surface area contributed by atoms with Crippen LogP contribution in [0.1, 0.15) is 18.4 Å². The minimum atomic E-state index is -0.677. The molecule has 0 aromatic heterocycles. The molecule has 1 aliphatic rings. The topological polar surface area (TPSA) is 47.3 Å². The van der Waals surface area contributed by atoms with Crippen LogP contribution in [0.2, 0.25) is 0 Å². The highest BCUT2D eigenvalue weighted by atomic mass is 32.1. The summed E-state index contributed by atoms with van der Waals surface area (Å²) in [4.78, 5) is -0.0228. The van der Waals surface area contributed by atoms with E-state index in [1.807, 2.05) is 0 Å². The molecule has 18 heavy (non-hydrogen) atoms. The van der Waals surface area contributed by atoms with Crippen molar-refractivity contribution in [3.8, 4) is 0 Å². The fraction of sp³-hybridized carbons (Fsp3) is 0.417. The number of nitrogens with one attached hydrogen (secondary N) is 1. The van der Waals surface area contributed by atoms with E-state index in [1.54, 1.807) is 0 Å². The average Bonchev–Trinajstić information content (AvgIpc) is 2.34. The molecule has 2 rings (SSSR count). The third kappa shape index (κ3) is 2.94. The molecule has 6 heteroatoms.